The second kappa shape index (κ2) is 8.24. The molecule has 0 amide bonds. The van der Waals surface area contributed by atoms with Gasteiger partial charge in [0.1, 0.15) is 11.6 Å². The Morgan fingerprint density at radius 1 is 1.23 bits per heavy atom. The zero-order valence-electron chi connectivity index (χ0n) is 17.5. The van der Waals surface area contributed by atoms with Crippen LogP contribution in [0.15, 0.2) is 41.9 Å². The van der Waals surface area contributed by atoms with E-state index in [1.807, 2.05) is 10.7 Å². The highest BCUT2D eigenvalue weighted by molar-refractivity contribution is 7.17. The van der Waals surface area contributed by atoms with Crippen LogP contribution in [-0.4, -0.2) is 34.2 Å². The van der Waals surface area contributed by atoms with Gasteiger partial charge in [0, 0.05) is 33.6 Å². The first-order chi connectivity index (χ1) is 14.7. The number of benzene rings is 1. The van der Waals surface area contributed by atoms with Gasteiger partial charge in [-0.05, 0) is 43.8 Å². The highest BCUT2D eigenvalue weighted by Gasteiger charge is 2.17. The summed E-state index contributed by atoms with van der Waals surface area (Å²) in [6, 6.07) is 10.6. The Morgan fingerprint density at radius 3 is 2.90 bits per heavy atom. The van der Waals surface area contributed by atoms with E-state index in [0.717, 1.165) is 42.6 Å². The van der Waals surface area contributed by atoms with Crippen LogP contribution in [0.3, 0.4) is 0 Å². The van der Waals surface area contributed by atoms with Crippen molar-refractivity contribution >= 4 is 44.4 Å². The van der Waals surface area contributed by atoms with Crippen molar-refractivity contribution in [2.75, 3.05) is 30.3 Å². The smallest absolute Gasteiger partial charge is 0.163 e. The summed E-state index contributed by atoms with van der Waals surface area (Å²) in [6.45, 7) is 7.55. The average Bonchev–Trinajstić information content (AvgIpc) is 3.38. The maximum Gasteiger partial charge on any atom is 0.163 e. The van der Waals surface area contributed by atoms with E-state index in [-0.39, 0.29) is 0 Å². The molecule has 1 fully saturated rings. The Labute approximate surface area is 180 Å². The molecule has 156 valence electrons. The van der Waals surface area contributed by atoms with Crippen molar-refractivity contribution in [1.82, 2.24) is 19.9 Å². The number of aromatic nitrogens is 3. The molecule has 1 aliphatic rings. The number of rotatable bonds is 6. The van der Waals surface area contributed by atoms with Crippen molar-refractivity contribution in [2.24, 2.45) is 5.92 Å². The van der Waals surface area contributed by atoms with E-state index >= 15 is 0 Å². The number of thiophene rings is 1. The minimum atomic E-state index is 0.365. The van der Waals surface area contributed by atoms with Crippen LogP contribution in [0.5, 0.6) is 0 Å². The summed E-state index contributed by atoms with van der Waals surface area (Å²) in [5, 5.41) is 18.7. The Bertz CT molecular complexity index is 1160. The molecule has 0 aliphatic carbocycles. The van der Waals surface area contributed by atoms with E-state index in [9.17, 15) is 0 Å². The van der Waals surface area contributed by atoms with Gasteiger partial charge in [-0.15, -0.1) is 11.3 Å². The number of fused-ring (bicyclic) bond motifs is 2. The van der Waals surface area contributed by atoms with Crippen LogP contribution in [-0.2, 0) is 0 Å². The molecule has 3 aromatic heterocycles. The lowest BCUT2D eigenvalue weighted by Gasteiger charge is -2.23. The van der Waals surface area contributed by atoms with E-state index in [1.165, 1.54) is 28.5 Å². The van der Waals surface area contributed by atoms with Crippen molar-refractivity contribution in [3.05, 3.63) is 47.5 Å². The maximum absolute atomic E-state index is 4.93. The number of hydrogen-bond acceptors (Lipinski definition) is 6. The fourth-order valence-electron chi connectivity index (χ4n) is 4.11. The monoisotopic (exact) mass is 420 g/mol. The third kappa shape index (κ3) is 3.75. The van der Waals surface area contributed by atoms with E-state index in [2.05, 4.69) is 70.6 Å². The normalized spacial score (nSPS) is 15.3. The molecule has 6 nitrogen and oxygen atoms in total. The van der Waals surface area contributed by atoms with Crippen LogP contribution in [0.1, 0.15) is 38.2 Å². The molecular weight excluding hydrogens is 392 g/mol. The second-order valence-electron chi connectivity index (χ2n) is 8.36. The number of piperidine rings is 1. The topological polar surface area (TPSA) is 66.3 Å². The maximum atomic E-state index is 4.93. The fraction of sp³-hybridized carbons (Fsp3) is 0.391. The zero-order chi connectivity index (χ0) is 20.5. The van der Waals surface area contributed by atoms with Crippen molar-refractivity contribution < 1.29 is 0 Å². The van der Waals surface area contributed by atoms with Crippen LogP contribution in [0.2, 0.25) is 0 Å². The molecule has 7 heteroatoms. The molecule has 0 spiro atoms. The largest absolute Gasteiger partial charge is 0.370 e. The van der Waals surface area contributed by atoms with Crippen molar-refractivity contribution in [2.45, 2.75) is 32.6 Å². The number of nitrogens with one attached hydrogen (secondary N) is 3. The van der Waals surface area contributed by atoms with Gasteiger partial charge in [0.15, 0.2) is 5.65 Å². The third-order valence-electron chi connectivity index (χ3n) is 5.90. The van der Waals surface area contributed by atoms with Crippen LogP contribution < -0.4 is 16.0 Å². The predicted octanol–water partition coefficient (Wildman–Crippen LogP) is 5.22. The fourth-order valence-corrected chi connectivity index (χ4v) is 5.01. The van der Waals surface area contributed by atoms with Gasteiger partial charge in [0.25, 0.3) is 0 Å². The van der Waals surface area contributed by atoms with Crippen LogP contribution in [0.4, 0.5) is 17.3 Å². The first-order valence-electron chi connectivity index (χ1n) is 10.8. The molecular formula is C23H28N6S. The summed E-state index contributed by atoms with van der Waals surface area (Å²) in [5.41, 5.74) is 3.19. The molecule has 0 unspecified atom stereocenters. The van der Waals surface area contributed by atoms with Gasteiger partial charge in [0.2, 0.25) is 0 Å². The van der Waals surface area contributed by atoms with Crippen molar-refractivity contribution in [3.63, 3.8) is 0 Å². The summed E-state index contributed by atoms with van der Waals surface area (Å²) in [4.78, 5) is 4.93. The van der Waals surface area contributed by atoms with Gasteiger partial charge in [-0.3, -0.25) is 0 Å². The lowest BCUT2D eigenvalue weighted by Crippen LogP contribution is -2.31. The molecule has 1 saturated heterocycles. The Balaban J connectivity index is 1.50. The zero-order valence-corrected chi connectivity index (χ0v) is 18.3. The van der Waals surface area contributed by atoms with Gasteiger partial charge in [-0.2, -0.15) is 9.61 Å². The second-order valence-corrected chi connectivity index (χ2v) is 9.27. The highest BCUT2D eigenvalue weighted by atomic mass is 32.1. The summed E-state index contributed by atoms with van der Waals surface area (Å²) < 4.78 is 3.20. The Hall–Kier alpha value is -2.64. The first kappa shape index (κ1) is 19.3. The van der Waals surface area contributed by atoms with E-state index in [1.54, 1.807) is 11.3 Å². The summed E-state index contributed by atoms with van der Waals surface area (Å²) in [5.74, 6) is 2.90. The lowest BCUT2D eigenvalue weighted by atomic mass is 9.98. The molecule has 0 radical (unpaired) electrons. The number of nitrogens with zero attached hydrogens (tertiary/aromatic N) is 3. The van der Waals surface area contributed by atoms with Crippen LogP contribution in [0, 0.1) is 5.92 Å². The van der Waals surface area contributed by atoms with E-state index in [4.69, 9.17) is 4.98 Å². The van der Waals surface area contributed by atoms with Gasteiger partial charge in [0.05, 0.1) is 11.9 Å². The summed E-state index contributed by atoms with van der Waals surface area (Å²) in [6.07, 6.45) is 4.37. The molecule has 4 aromatic rings. The van der Waals surface area contributed by atoms with E-state index in [0.29, 0.717) is 11.8 Å². The van der Waals surface area contributed by atoms with Gasteiger partial charge in [-0.25, -0.2) is 4.98 Å². The molecule has 0 saturated carbocycles. The Kier molecular flexibility index (Phi) is 5.31. The van der Waals surface area contributed by atoms with Gasteiger partial charge < -0.3 is 16.0 Å². The first-order valence-corrected chi connectivity index (χ1v) is 11.6. The minimum Gasteiger partial charge on any atom is -0.370 e. The standard InChI is InChI=1S/C23H28N6S/c1-15(2)18-13-26-29-22(27-19-14-30-20-6-4-3-5-17(19)20)11-21(28-23(18)29)25-12-16-7-9-24-10-8-16/h3-6,11,13-16,24,27H,7-10,12H2,1-2H3,(H,25,28). The van der Waals surface area contributed by atoms with Gasteiger partial charge >= 0.3 is 0 Å². The van der Waals surface area contributed by atoms with Crippen LogP contribution in [0.25, 0.3) is 15.7 Å². The molecule has 30 heavy (non-hydrogen) atoms. The molecule has 1 aliphatic heterocycles. The molecule has 5 rings (SSSR count). The molecule has 4 heterocycles. The lowest BCUT2D eigenvalue weighted by molar-refractivity contribution is 0.389. The van der Waals surface area contributed by atoms with Gasteiger partial charge in [-0.1, -0.05) is 32.0 Å². The molecule has 0 atom stereocenters. The Morgan fingerprint density at radius 2 is 2.07 bits per heavy atom. The molecule has 0 bridgehead atoms. The minimum absolute atomic E-state index is 0.365. The van der Waals surface area contributed by atoms with E-state index < -0.39 is 0 Å². The number of anilines is 3. The average molecular weight is 421 g/mol. The predicted molar refractivity (Wildman–Crippen MR) is 126 cm³/mol. The van der Waals surface area contributed by atoms with Crippen molar-refractivity contribution in [3.8, 4) is 0 Å². The van der Waals surface area contributed by atoms with Crippen LogP contribution >= 0.6 is 11.3 Å². The summed E-state index contributed by atoms with van der Waals surface area (Å²) >= 11 is 1.75. The third-order valence-corrected chi connectivity index (χ3v) is 6.86. The SMILES string of the molecule is CC(C)c1cnn2c(Nc3csc4ccccc34)cc(NCC3CCNCC3)nc12. The summed E-state index contributed by atoms with van der Waals surface area (Å²) in [7, 11) is 0. The highest BCUT2D eigenvalue weighted by Crippen LogP contribution is 2.33. The molecule has 3 N–H and O–H groups in total. The number of hydrogen-bond donors (Lipinski definition) is 3. The molecule has 1 aromatic carbocycles. The van der Waals surface area contributed by atoms with Crippen molar-refractivity contribution in [1.29, 1.82) is 0 Å². The quantitative estimate of drug-likeness (QED) is 0.399.